The van der Waals surface area contributed by atoms with Gasteiger partial charge in [0.05, 0.1) is 7.11 Å². The predicted molar refractivity (Wildman–Crippen MR) is 107 cm³/mol. The van der Waals surface area contributed by atoms with Crippen molar-refractivity contribution in [3.63, 3.8) is 0 Å². The van der Waals surface area contributed by atoms with Crippen molar-refractivity contribution >= 4 is 17.7 Å². The molecule has 0 heterocycles. The van der Waals surface area contributed by atoms with Gasteiger partial charge in [-0.3, -0.25) is 15.3 Å². The zero-order valence-corrected chi connectivity index (χ0v) is 16.4. The Morgan fingerprint density at radius 3 is 2.41 bits per heavy atom. The third-order valence-corrected chi connectivity index (χ3v) is 4.20. The molecular formula is C21H24N2O6. The first-order valence-electron chi connectivity index (χ1n) is 8.79. The van der Waals surface area contributed by atoms with E-state index in [1.165, 1.54) is 24.7 Å². The van der Waals surface area contributed by atoms with Crippen molar-refractivity contribution in [2.45, 2.75) is 20.0 Å². The summed E-state index contributed by atoms with van der Waals surface area (Å²) in [5, 5.41) is 21.5. The summed E-state index contributed by atoms with van der Waals surface area (Å²) in [7, 11) is 1.43. The van der Waals surface area contributed by atoms with E-state index < -0.39 is 23.5 Å². The first kappa shape index (κ1) is 21.8. The second-order valence-electron chi connectivity index (χ2n) is 6.84. The smallest absolute Gasteiger partial charge is 0.412 e. The molecule has 8 heteroatoms. The first-order valence-corrected chi connectivity index (χ1v) is 8.79. The topological polar surface area (TPSA) is 117 Å². The fraction of sp³-hybridized carbons (Fsp3) is 0.238. The molecule has 2 aromatic carbocycles. The average molecular weight is 400 g/mol. The van der Waals surface area contributed by atoms with Crippen LogP contribution in [-0.4, -0.2) is 29.4 Å². The van der Waals surface area contributed by atoms with Gasteiger partial charge in [-0.1, -0.05) is 44.2 Å². The number of carbonyl (C=O) groups is 2. The van der Waals surface area contributed by atoms with Crippen LogP contribution in [0.25, 0.3) is 0 Å². The van der Waals surface area contributed by atoms with Crippen LogP contribution in [0, 0.1) is 5.41 Å². The second-order valence-corrected chi connectivity index (χ2v) is 6.84. The van der Waals surface area contributed by atoms with E-state index in [0.29, 0.717) is 11.3 Å². The highest BCUT2D eigenvalue weighted by atomic mass is 16.6. The number of hydroxylamine groups is 1. The number of carbonyl (C=O) groups excluding carboxylic acids is 2. The van der Waals surface area contributed by atoms with E-state index in [1.54, 1.807) is 50.2 Å². The Kier molecular flexibility index (Phi) is 7.21. The fourth-order valence-electron chi connectivity index (χ4n) is 2.71. The molecule has 0 aromatic heterocycles. The summed E-state index contributed by atoms with van der Waals surface area (Å²) in [5.41, 5.74) is 1.69. The monoisotopic (exact) mass is 400 g/mol. The number of amides is 2. The molecule has 0 aliphatic heterocycles. The number of nitrogens with one attached hydrogen (secondary N) is 2. The van der Waals surface area contributed by atoms with E-state index in [2.05, 4.69) is 5.32 Å². The van der Waals surface area contributed by atoms with Gasteiger partial charge in [0.15, 0.2) is 11.5 Å². The van der Waals surface area contributed by atoms with Gasteiger partial charge in [-0.05, 0) is 29.8 Å². The molecule has 0 unspecified atom stereocenters. The molecule has 0 aliphatic rings. The molecule has 0 fully saturated rings. The van der Waals surface area contributed by atoms with Crippen LogP contribution in [-0.2, 0) is 9.53 Å². The van der Waals surface area contributed by atoms with E-state index in [1.807, 2.05) is 6.07 Å². The number of para-hydroxylation sites is 1. The third-order valence-electron chi connectivity index (χ3n) is 4.20. The third kappa shape index (κ3) is 5.98. The number of hydrogen-bond donors (Lipinski definition) is 4. The van der Waals surface area contributed by atoms with E-state index >= 15 is 0 Å². The van der Waals surface area contributed by atoms with Crippen molar-refractivity contribution in [3.05, 3.63) is 66.2 Å². The van der Waals surface area contributed by atoms with Gasteiger partial charge in [0.1, 0.15) is 6.10 Å². The Bertz CT molecular complexity index is 880. The van der Waals surface area contributed by atoms with Gasteiger partial charge in [0, 0.05) is 17.2 Å². The highest BCUT2D eigenvalue weighted by Gasteiger charge is 2.33. The molecule has 0 saturated heterocycles. The molecule has 29 heavy (non-hydrogen) atoms. The lowest BCUT2D eigenvalue weighted by atomic mass is 9.82. The van der Waals surface area contributed by atoms with Gasteiger partial charge in [0.25, 0.3) is 5.91 Å². The molecule has 154 valence electrons. The Balaban J connectivity index is 2.34. The molecule has 2 amide bonds. The SMILES string of the molecule is COc1ccc([C@@H](OC(=O)Nc2ccccc2)C(C)(C)/C=C/C(=O)NO)cc1O. The zero-order chi connectivity index (χ0) is 21.4. The zero-order valence-electron chi connectivity index (χ0n) is 16.4. The second kappa shape index (κ2) is 9.61. The van der Waals surface area contributed by atoms with Crippen molar-refractivity contribution in [3.8, 4) is 11.5 Å². The molecule has 0 bridgehead atoms. The number of ether oxygens (including phenoxy) is 2. The minimum Gasteiger partial charge on any atom is -0.504 e. The molecule has 0 radical (unpaired) electrons. The summed E-state index contributed by atoms with van der Waals surface area (Å²) in [4.78, 5) is 23.9. The summed E-state index contributed by atoms with van der Waals surface area (Å²) >= 11 is 0. The molecule has 2 aromatic rings. The van der Waals surface area contributed by atoms with Crippen molar-refractivity contribution in [1.82, 2.24) is 5.48 Å². The van der Waals surface area contributed by atoms with E-state index in [9.17, 15) is 14.7 Å². The summed E-state index contributed by atoms with van der Waals surface area (Å²) in [6, 6.07) is 13.4. The first-order chi connectivity index (χ1) is 13.8. The van der Waals surface area contributed by atoms with Crippen LogP contribution in [0.5, 0.6) is 11.5 Å². The lowest BCUT2D eigenvalue weighted by molar-refractivity contribution is -0.124. The van der Waals surface area contributed by atoms with Crippen molar-refractivity contribution in [2.75, 3.05) is 12.4 Å². The Hall–Kier alpha value is -3.52. The lowest BCUT2D eigenvalue weighted by Gasteiger charge is -2.32. The number of methoxy groups -OCH3 is 1. The van der Waals surface area contributed by atoms with Crippen LogP contribution >= 0.6 is 0 Å². The average Bonchev–Trinajstić information content (AvgIpc) is 2.70. The molecule has 8 nitrogen and oxygen atoms in total. The maximum Gasteiger partial charge on any atom is 0.412 e. The van der Waals surface area contributed by atoms with Gasteiger partial charge in [0.2, 0.25) is 0 Å². The molecule has 4 N–H and O–H groups in total. The van der Waals surface area contributed by atoms with Crippen LogP contribution < -0.4 is 15.5 Å². The number of phenols is 1. The number of aromatic hydroxyl groups is 1. The molecule has 0 spiro atoms. The largest absolute Gasteiger partial charge is 0.504 e. The number of hydrogen-bond acceptors (Lipinski definition) is 6. The Labute approximate surface area is 168 Å². The van der Waals surface area contributed by atoms with Crippen LogP contribution in [0.3, 0.4) is 0 Å². The number of rotatable bonds is 7. The van der Waals surface area contributed by atoms with Gasteiger partial charge >= 0.3 is 6.09 Å². The maximum atomic E-state index is 12.5. The molecular weight excluding hydrogens is 376 g/mol. The number of phenolic OH excluding ortho intramolecular Hbond substituents is 1. The van der Waals surface area contributed by atoms with Crippen LogP contribution in [0.4, 0.5) is 10.5 Å². The van der Waals surface area contributed by atoms with E-state index in [-0.39, 0.29) is 11.5 Å². The van der Waals surface area contributed by atoms with Gasteiger partial charge < -0.3 is 14.6 Å². The molecule has 0 aliphatic carbocycles. The minimum absolute atomic E-state index is 0.116. The van der Waals surface area contributed by atoms with Gasteiger partial charge in [-0.2, -0.15) is 0 Å². The van der Waals surface area contributed by atoms with Crippen LogP contribution in [0.1, 0.15) is 25.5 Å². The summed E-state index contributed by atoms with van der Waals surface area (Å²) in [6.07, 6.45) is 1.06. The summed E-state index contributed by atoms with van der Waals surface area (Å²) in [5.74, 6) is -0.563. The van der Waals surface area contributed by atoms with Crippen molar-refractivity contribution < 1.29 is 29.4 Å². The normalized spacial score (nSPS) is 12.3. The predicted octanol–water partition coefficient (Wildman–Crippen LogP) is 3.78. The lowest BCUT2D eigenvalue weighted by Crippen LogP contribution is -2.28. The molecule has 2 rings (SSSR count). The molecule has 1 atom stereocenters. The fourth-order valence-corrected chi connectivity index (χ4v) is 2.71. The Morgan fingerprint density at radius 2 is 1.83 bits per heavy atom. The standard InChI is InChI=1S/C21H24N2O6/c1-21(2,12-11-18(25)23-27)19(14-9-10-17(28-3)16(24)13-14)29-20(26)22-15-7-5-4-6-8-15/h4-13,19,24,27H,1-3H3,(H,22,26)(H,23,25)/b12-11+/t19-/m1/s1. The maximum absolute atomic E-state index is 12.5. The van der Waals surface area contributed by atoms with Crippen molar-refractivity contribution in [1.29, 1.82) is 0 Å². The van der Waals surface area contributed by atoms with Crippen molar-refractivity contribution in [2.24, 2.45) is 5.41 Å². The number of anilines is 1. The van der Waals surface area contributed by atoms with Crippen LogP contribution in [0.15, 0.2) is 60.7 Å². The van der Waals surface area contributed by atoms with E-state index in [0.717, 1.165) is 6.08 Å². The molecule has 0 saturated carbocycles. The summed E-state index contributed by atoms with van der Waals surface area (Å²) in [6.45, 7) is 3.49. The van der Waals surface area contributed by atoms with Gasteiger partial charge in [-0.25, -0.2) is 10.3 Å². The minimum atomic E-state index is -0.873. The highest BCUT2D eigenvalue weighted by molar-refractivity contribution is 5.86. The van der Waals surface area contributed by atoms with Gasteiger partial charge in [-0.15, -0.1) is 0 Å². The van der Waals surface area contributed by atoms with Crippen LogP contribution in [0.2, 0.25) is 0 Å². The Morgan fingerprint density at radius 1 is 1.14 bits per heavy atom. The van der Waals surface area contributed by atoms with E-state index in [4.69, 9.17) is 14.7 Å². The number of benzene rings is 2. The summed E-state index contributed by atoms with van der Waals surface area (Å²) < 4.78 is 10.7. The quantitative estimate of drug-likeness (QED) is 0.319. The highest BCUT2D eigenvalue weighted by Crippen LogP contribution is 2.41.